The highest BCUT2D eigenvalue weighted by Gasteiger charge is 2.12. The van der Waals surface area contributed by atoms with E-state index >= 15 is 0 Å². The Morgan fingerprint density at radius 1 is 0.919 bits per heavy atom. The third-order valence-corrected chi connectivity index (χ3v) is 6.35. The first-order valence-corrected chi connectivity index (χ1v) is 12.4. The zero-order chi connectivity index (χ0) is 25.8. The second-order valence-electron chi connectivity index (χ2n) is 8.04. The molecular formula is C28H19Cl2N3O3S. The third kappa shape index (κ3) is 6.09. The first kappa shape index (κ1) is 24.8. The molecule has 4 aromatic carbocycles. The van der Waals surface area contributed by atoms with E-state index in [4.69, 9.17) is 44.6 Å². The summed E-state index contributed by atoms with van der Waals surface area (Å²) in [5, 5.41) is 6.71. The first-order chi connectivity index (χ1) is 17.9. The van der Waals surface area contributed by atoms with E-state index in [-0.39, 0.29) is 11.0 Å². The van der Waals surface area contributed by atoms with Crippen LogP contribution in [-0.4, -0.2) is 16.0 Å². The van der Waals surface area contributed by atoms with Crippen LogP contribution in [0.1, 0.15) is 15.9 Å². The van der Waals surface area contributed by atoms with E-state index in [1.807, 2.05) is 30.3 Å². The molecule has 37 heavy (non-hydrogen) atoms. The summed E-state index contributed by atoms with van der Waals surface area (Å²) in [5.74, 6) is 0.747. The number of oxazole rings is 1. The van der Waals surface area contributed by atoms with Crippen LogP contribution in [0.4, 0.5) is 5.69 Å². The van der Waals surface area contributed by atoms with Crippen molar-refractivity contribution in [2.45, 2.75) is 6.61 Å². The van der Waals surface area contributed by atoms with Gasteiger partial charge in [-0.1, -0.05) is 53.5 Å². The van der Waals surface area contributed by atoms with Crippen LogP contribution in [0.5, 0.6) is 5.75 Å². The van der Waals surface area contributed by atoms with Gasteiger partial charge in [0.25, 0.3) is 5.91 Å². The van der Waals surface area contributed by atoms with Gasteiger partial charge in [-0.2, -0.15) is 0 Å². The standard InChI is InChI=1S/C28H19Cl2N3O3S/c29-22-12-8-19(14-23(22)30)27-32-24-15-20(9-13-25(24)36-27)31-28(37)33-26(34)18-6-10-21(11-7-18)35-16-17-4-2-1-3-5-17/h1-15H,16H2,(H2,31,33,34,37). The van der Waals surface area contributed by atoms with Gasteiger partial charge in [0, 0.05) is 16.8 Å². The molecule has 0 radical (unpaired) electrons. The van der Waals surface area contributed by atoms with Crippen molar-refractivity contribution in [3.05, 3.63) is 112 Å². The molecule has 184 valence electrons. The van der Waals surface area contributed by atoms with Crippen LogP contribution in [0.25, 0.3) is 22.6 Å². The van der Waals surface area contributed by atoms with E-state index in [0.717, 1.165) is 5.56 Å². The maximum absolute atomic E-state index is 12.6. The van der Waals surface area contributed by atoms with Crippen LogP contribution in [0.2, 0.25) is 10.0 Å². The Balaban J connectivity index is 1.19. The Morgan fingerprint density at radius 3 is 2.46 bits per heavy atom. The van der Waals surface area contributed by atoms with E-state index < -0.39 is 0 Å². The van der Waals surface area contributed by atoms with Crippen molar-refractivity contribution in [1.82, 2.24) is 10.3 Å². The molecular weight excluding hydrogens is 529 g/mol. The molecule has 5 aromatic rings. The Labute approximate surface area is 228 Å². The van der Waals surface area contributed by atoms with E-state index in [2.05, 4.69) is 15.6 Å². The molecule has 6 nitrogen and oxygen atoms in total. The van der Waals surface area contributed by atoms with Gasteiger partial charge in [0.1, 0.15) is 17.9 Å². The fourth-order valence-electron chi connectivity index (χ4n) is 3.54. The smallest absolute Gasteiger partial charge is 0.257 e. The molecule has 9 heteroatoms. The van der Waals surface area contributed by atoms with Crippen molar-refractivity contribution in [2.24, 2.45) is 0 Å². The number of nitrogens with zero attached hydrogens (tertiary/aromatic N) is 1. The fourth-order valence-corrected chi connectivity index (χ4v) is 4.05. The monoisotopic (exact) mass is 547 g/mol. The van der Waals surface area contributed by atoms with Gasteiger partial charge in [0.2, 0.25) is 5.89 Å². The maximum atomic E-state index is 12.6. The SMILES string of the molecule is O=C(NC(=S)Nc1ccc2oc(-c3ccc(Cl)c(Cl)c3)nc2c1)c1ccc(OCc2ccccc2)cc1. The molecule has 0 spiro atoms. The minimum absolute atomic E-state index is 0.155. The third-order valence-electron chi connectivity index (χ3n) is 5.40. The fraction of sp³-hybridized carbons (Fsp3) is 0.0357. The molecule has 0 atom stereocenters. The van der Waals surface area contributed by atoms with Gasteiger partial charge in [-0.3, -0.25) is 10.1 Å². The summed E-state index contributed by atoms with van der Waals surface area (Å²) in [6, 6.07) is 27.2. The van der Waals surface area contributed by atoms with Crippen molar-refractivity contribution >= 4 is 63.2 Å². The molecule has 0 fully saturated rings. The summed E-state index contributed by atoms with van der Waals surface area (Å²) in [6.07, 6.45) is 0. The largest absolute Gasteiger partial charge is 0.489 e. The summed E-state index contributed by atoms with van der Waals surface area (Å²) in [6.45, 7) is 0.450. The molecule has 0 saturated heterocycles. The molecule has 0 bridgehead atoms. The van der Waals surface area contributed by atoms with E-state index in [1.54, 1.807) is 60.7 Å². The van der Waals surface area contributed by atoms with Crippen LogP contribution < -0.4 is 15.4 Å². The van der Waals surface area contributed by atoms with Gasteiger partial charge in [-0.05, 0) is 78.4 Å². The van der Waals surface area contributed by atoms with Gasteiger partial charge < -0.3 is 14.5 Å². The molecule has 0 saturated carbocycles. The van der Waals surface area contributed by atoms with Crippen molar-refractivity contribution < 1.29 is 13.9 Å². The number of amides is 1. The van der Waals surface area contributed by atoms with Crippen LogP contribution in [0, 0.1) is 0 Å². The second kappa shape index (κ2) is 11.0. The van der Waals surface area contributed by atoms with Crippen molar-refractivity contribution in [3.63, 3.8) is 0 Å². The molecule has 1 amide bonds. The number of aromatic nitrogens is 1. The summed E-state index contributed by atoms with van der Waals surface area (Å²) in [4.78, 5) is 17.2. The molecule has 0 aliphatic carbocycles. The molecule has 0 unspecified atom stereocenters. The number of thiocarbonyl (C=S) groups is 1. The number of rotatable bonds is 6. The van der Waals surface area contributed by atoms with E-state index in [0.29, 0.717) is 56.2 Å². The lowest BCUT2D eigenvalue weighted by molar-refractivity contribution is 0.0977. The van der Waals surface area contributed by atoms with Crippen molar-refractivity contribution in [1.29, 1.82) is 0 Å². The summed E-state index contributed by atoms with van der Waals surface area (Å²) >= 11 is 17.4. The van der Waals surface area contributed by atoms with Crippen LogP contribution in [0.15, 0.2) is 95.4 Å². The van der Waals surface area contributed by atoms with Gasteiger partial charge in [-0.25, -0.2) is 4.98 Å². The molecule has 0 aliphatic rings. The Bertz CT molecular complexity index is 1590. The molecule has 0 aliphatic heterocycles. The minimum Gasteiger partial charge on any atom is -0.489 e. The van der Waals surface area contributed by atoms with Crippen LogP contribution in [-0.2, 0) is 6.61 Å². The Kier molecular flexibility index (Phi) is 7.37. The van der Waals surface area contributed by atoms with Gasteiger partial charge >= 0.3 is 0 Å². The topological polar surface area (TPSA) is 76.4 Å². The zero-order valence-electron chi connectivity index (χ0n) is 19.2. The Morgan fingerprint density at radius 2 is 1.70 bits per heavy atom. The number of nitrogens with one attached hydrogen (secondary N) is 2. The number of fused-ring (bicyclic) bond motifs is 1. The van der Waals surface area contributed by atoms with Gasteiger partial charge in [0.15, 0.2) is 10.7 Å². The number of carbonyl (C=O) groups excluding carboxylic acids is 1. The minimum atomic E-state index is -0.337. The van der Waals surface area contributed by atoms with Crippen molar-refractivity contribution in [2.75, 3.05) is 5.32 Å². The van der Waals surface area contributed by atoms with Crippen LogP contribution in [0.3, 0.4) is 0 Å². The number of hydrogen-bond acceptors (Lipinski definition) is 5. The molecule has 5 rings (SSSR count). The average molecular weight is 548 g/mol. The molecule has 2 N–H and O–H groups in total. The van der Waals surface area contributed by atoms with Crippen molar-refractivity contribution in [3.8, 4) is 17.2 Å². The summed E-state index contributed by atoms with van der Waals surface area (Å²) < 4.78 is 11.6. The normalized spacial score (nSPS) is 10.8. The lowest BCUT2D eigenvalue weighted by Gasteiger charge is -2.10. The van der Waals surface area contributed by atoms with Crippen LogP contribution >= 0.6 is 35.4 Å². The lowest BCUT2D eigenvalue weighted by atomic mass is 10.2. The summed E-state index contributed by atoms with van der Waals surface area (Å²) in [7, 11) is 0. The Hall–Kier alpha value is -3.91. The average Bonchev–Trinajstić information content (AvgIpc) is 3.33. The first-order valence-electron chi connectivity index (χ1n) is 11.2. The number of ether oxygens (including phenoxy) is 1. The highest BCUT2D eigenvalue weighted by molar-refractivity contribution is 7.80. The quantitative estimate of drug-likeness (QED) is 0.214. The molecule has 1 heterocycles. The van der Waals surface area contributed by atoms with E-state index in [9.17, 15) is 4.79 Å². The second-order valence-corrected chi connectivity index (χ2v) is 9.26. The highest BCUT2D eigenvalue weighted by Crippen LogP contribution is 2.30. The predicted molar refractivity (Wildman–Crippen MR) is 150 cm³/mol. The predicted octanol–water partition coefficient (Wildman–Crippen LogP) is 7.51. The number of benzene rings is 4. The summed E-state index contributed by atoms with van der Waals surface area (Å²) in [5.41, 5.74) is 4.09. The number of carbonyl (C=O) groups is 1. The zero-order valence-corrected chi connectivity index (χ0v) is 21.5. The van der Waals surface area contributed by atoms with E-state index in [1.165, 1.54) is 0 Å². The number of halogens is 2. The maximum Gasteiger partial charge on any atom is 0.257 e. The number of hydrogen-bond donors (Lipinski definition) is 2. The highest BCUT2D eigenvalue weighted by atomic mass is 35.5. The molecule has 1 aromatic heterocycles. The number of anilines is 1. The van der Waals surface area contributed by atoms with Gasteiger partial charge in [0.05, 0.1) is 10.0 Å². The van der Waals surface area contributed by atoms with Gasteiger partial charge in [-0.15, -0.1) is 0 Å². The lowest BCUT2D eigenvalue weighted by Crippen LogP contribution is -2.34.